The molecule has 3 nitrogen and oxygen atoms in total. The van der Waals surface area contributed by atoms with Gasteiger partial charge >= 0.3 is 0 Å². The van der Waals surface area contributed by atoms with E-state index in [1.165, 1.54) is 11.5 Å². The van der Waals surface area contributed by atoms with Crippen LogP contribution in [0.1, 0.15) is 0 Å². The van der Waals surface area contributed by atoms with E-state index >= 15 is 0 Å². The van der Waals surface area contributed by atoms with Crippen LogP contribution in [0.4, 0.5) is 5.13 Å². The lowest BCUT2D eigenvalue weighted by molar-refractivity contribution is 1.30. The van der Waals surface area contributed by atoms with Crippen molar-refractivity contribution in [2.24, 2.45) is 0 Å². The van der Waals surface area contributed by atoms with E-state index < -0.39 is 0 Å². The van der Waals surface area contributed by atoms with Crippen LogP contribution in [0, 0.1) is 0 Å². The van der Waals surface area contributed by atoms with Crippen molar-refractivity contribution in [3.05, 3.63) is 27.7 Å². The molecule has 0 saturated heterocycles. The molecule has 1 aromatic heterocycles. The molecule has 0 aliphatic rings. The van der Waals surface area contributed by atoms with Crippen molar-refractivity contribution >= 4 is 44.2 Å². The molecule has 0 fully saturated rings. The molecule has 0 amide bonds. The number of benzene rings is 1. The summed E-state index contributed by atoms with van der Waals surface area (Å²) in [7, 11) is 1.82. The summed E-state index contributed by atoms with van der Waals surface area (Å²) in [5, 5.41) is 4.44. The zero-order valence-corrected chi connectivity index (χ0v) is 10.9. The van der Waals surface area contributed by atoms with Crippen LogP contribution < -0.4 is 5.32 Å². The SMILES string of the molecule is CNc1nc(-c2ccc(Cl)c(Br)c2)ns1. The van der Waals surface area contributed by atoms with Crippen molar-refractivity contribution in [2.45, 2.75) is 0 Å². The van der Waals surface area contributed by atoms with Crippen LogP contribution in [0.3, 0.4) is 0 Å². The Labute approximate surface area is 105 Å². The van der Waals surface area contributed by atoms with E-state index in [4.69, 9.17) is 11.6 Å². The minimum atomic E-state index is 0.683. The minimum absolute atomic E-state index is 0.683. The summed E-state index contributed by atoms with van der Waals surface area (Å²) < 4.78 is 5.08. The summed E-state index contributed by atoms with van der Waals surface area (Å²) in [4.78, 5) is 4.30. The van der Waals surface area contributed by atoms with E-state index in [0.717, 1.165) is 15.2 Å². The molecule has 0 spiro atoms. The van der Waals surface area contributed by atoms with Gasteiger partial charge in [0.2, 0.25) is 5.13 Å². The van der Waals surface area contributed by atoms with Crippen LogP contribution in [-0.2, 0) is 0 Å². The highest BCUT2D eigenvalue weighted by Crippen LogP contribution is 2.28. The van der Waals surface area contributed by atoms with Crippen molar-refractivity contribution < 1.29 is 0 Å². The molecule has 0 saturated carbocycles. The van der Waals surface area contributed by atoms with E-state index in [1.54, 1.807) is 0 Å². The van der Waals surface area contributed by atoms with E-state index in [2.05, 4.69) is 30.6 Å². The highest BCUT2D eigenvalue weighted by atomic mass is 79.9. The Morgan fingerprint density at radius 3 is 2.87 bits per heavy atom. The fraction of sp³-hybridized carbons (Fsp3) is 0.111. The molecule has 15 heavy (non-hydrogen) atoms. The lowest BCUT2D eigenvalue weighted by Gasteiger charge is -1.98. The fourth-order valence-corrected chi connectivity index (χ4v) is 2.11. The third-order valence-corrected chi connectivity index (χ3v) is 3.76. The van der Waals surface area contributed by atoms with Crippen LogP contribution in [0.5, 0.6) is 0 Å². The molecule has 78 valence electrons. The van der Waals surface area contributed by atoms with Gasteiger partial charge in [0.05, 0.1) is 5.02 Å². The number of aromatic nitrogens is 2. The molecule has 0 bridgehead atoms. The first kappa shape index (κ1) is 10.9. The number of hydrogen-bond donors (Lipinski definition) is 1. The summed E-state index contributed by atoms with van der Waals surface area (Å²) >= 11 is 10.6. The van der Waals surface area contributed by atoms with Gasteiger partial charge in [-0.2, -0.15) is 9.36 Å². The van der Waals surface area contributed by atoms with Gasteiger partial charge in [0.1, 0.15) is 0 Å². The largest absolute Gasteiger partial charge is 0.363 e. The van der Waals surface area contributed by atoms with Gasteiger partial charge < -0.3 is 5.32 Å². The third kappa shape index (κ3) is 2.30. The number of nitrogens with zero attached hydrogens (tertiary/aromatic N) is 2. The highest BCUT2D eigenvalue weighted by Gasteiger charge is 2.07. The standard InChI is InChI=1S/C9H7BrClN3S/c1-12-9-13-8(14-15-9)5-2-3-7(11)6(10)4-5/h2-4H,1H3,(H,12,13,14). The maximum absolute atomic E-state index is 5.90. The Balaban J connectivity index is 2.40. The van der Waals surface area contributed by atoms with Gasteiger partial charge in [0.25, 0.3) is 0 Å². The van der Waals surface area contributed by atoms with E-state index in [9.17, 15) is 0 Å². The van der Waals surface area contributed by atoms with Gasteiger partial charge in [-0.3, -0.25) is 0 Å². The van der Waals surface area contributed by atoms with E-state index in [1.807, 2.05) is 25.2 Å². The Bertz CT molecular complexity index is 486. The van der Waals surface area contributed by atoms with Crippen molar-refractivity contribution in [1.29, 1.82) is 0 Å². The number of rotatable bonds is 2. The first-order valence-corrected chi connectivity index (χ1v) is 6.12. The van der Waals surface area contributed by atoms with Gasteiger partial charge in [-0.25, -0.2) is 0 Å². The average Bonchev–Trinajstić information content (AvgIpc) is 2.70. The lowest BCUT2D eigenvalue weighted by Crippen LogP contribution is -1.86. The summed E-state index contributed by atoms with van der Waals surface area (Å²) in [6.07, 6.45) is 0. The Hall–Kier alpha value is -0.650. The maximum atomic E-state index is 5.90. The molecule has 0 aliphatic heterocycles. The van der Waals surface area contributed by atoms with Crippen LogP contribution in [0.2, 0.25) is 5.02 Å². The molecular weight excluding hydrogens is 298 g/mol. The number of hydrogen-bond acceptors (Lipinski definition) is 4. The van der Waals surface area contributed by atoms with Crippen molar-refractivity contribution in [1.82, 2.24) is 9.36 Å². The Morgan fingerprint density at radius 1 is 1.47 bits per heavy atom. The molecule has 0 radical (unpaired) electrons. The maximum Gasteiger partial charge on any atom is 0.202 e. The summed E-state index contributed by atoms with van der Waals surface area (Å²) in [5.41, 5.74) is 0.948. The average molecular weight is 305 g/mol. The van der Waals surface area contributed by atoms with Gasteiger partial charge in [-0.15, -0.1) is 0 Å². The minimum Gasteiger partial charge on any atom is -0.363 e. The molecule has 0 atom stereocenters. The normalized spacial score (nSPS) is 10.3. The quantitative estimate of drug-likeness (QED) is 0.920. The van der Waals surface area contributed by atoms with Gasteiger partial charge in [0, 0.05) is 28.6 Å². The second kappa shape index (κ2) is 4.47. The van der Waals surface area contributed by atoms with Crippen molar-refractivity contribution in [2.75, 3.05) is 12.4 Å². The molecule has 0 unspecified atom stereocenters. The number of anilines is 1. The zero-order valence-electron chi connectivity index (χ0n) is 7.79. The Kier molecular flexibility index (Phi) is 3.23. The zero-order chi connectivity index (χ0) is 10.8. The highest BCUT2D eigenvalue weighted by molar-refractivity contribution is 9.10. The summed E-state index contributed by atoms with van der Waals surface area (Å²) in [6.45, 7) is 0. The molecule has 0 aliphatic carbocycles. The van der Waals surface area contributed by atoms with E-state index in [0.29, 0.717) is 10.8 Å². The third-order valence-electron chi connectivity index (χ3n) is 1.82. The van der Waals surface area contributed by atoms with Gasteiger partial charge in [0.15, 0.2) is 5.82 Å². The smallest absolute Gasteiger partial charge is 0.202 e. The van der Waals surface area contributed by atoms with Crippen LogP contribution >= 0.6 is 39.1 Å². The topological polar surface area (TPSA) is 37.8 Å². The predicted octanol–water partition coefficient (Wildman–Crippen LogP) is 3.66. The fourth-order valence-electron chi connectivity index (χ4n) is 1.08. The first-order valence-electron chi connectivity index (χ1n) is 4.17. The molecule has 2 aromatic rings. The lowest BCUT2D eigenvalue weighted by atomic mass is 10.2. The second-order valence-corrected chi connectivity index (χ2v) is 4.82. The van der Waals surface area contributed by atoms with Crippen molar-refractivity contribution in [3.63, 3.8) is 0 Å². The molecule has 6 heteroatoms. The predicted molar refractivity (Wildman–Crippen MR) is 67.6 cm³/mol. The molecular formula is C9H7BrClN3S. The van der Waals surface area contributed by atoms with Crippen LogP contribution in [0.15, 0.2) is 22.7 Å². The number of halogens is 2. The molecule has 1 heterocycles. The summed E-state index contributed by atoms with van der Waals surface area (Å²) in [6, 6.07) is 5.62. The monoisotopic (exact) mass is 303 g/mol. The molecule has 2 rings (SSSR count). The van der Waals surface area contributed by atoms with Crippen molar-refractivity contribution in [3.8, 4) is 11.4 Å². The molecule has 1 N–H and O–H groups in total. The summed E-state index contributed by atoms with van der Waals surface area (Å²) in [5.74, 6) is 0.710. The number of nitrogens with one attached hydrogen (secondary N) is 1. The first-order chi connectivity index (χ1) is 7.20. The Morgan fingerprint density at radius 2 is 2.27 bits per heavy atom. The second-order valence-electron chi connectivity index (χ2n) is 2.80. The van der Waals surface area contributed by atoms with Gasteiger partial charge in [-0.05, 0) is 34.1 Å². The molecule has 1 aromatic carbocycles. The van der Waals surface area contributed by atoms with Crippen LogP contribution in [-0.4, -0.2) is 16.4 Å². The van der Waals surface area contributed by atoms with E-state index in [-0.39, 0.29) is 0 Å². The van der Waals surface area contributed by atoms with Gasteiger partial charge in [-0.1, -0.05) is 11.6 Å². The van der Waals surface area contributed by atoms with Crippen LogP contribution in [0.25, 0.3) is 11.4 Å².